The number of nitrogens with one attached hydrogen (secondary N) is 1. The number of rotatable bonds is 5. The average molecular weight is 361 g/mol. The number of amides is 1. The quantitative estimate of drug-likeness (QED) is 0.612. The van der Waals surface area contributed by atoms with Crippen LogP contribution in [0.3, 0.4) is 0 Å². The summed E-state index contributed by atoms with van der Waals surface area (Å²) >= 11 is 0. The maximum absolute atomic E-state index is 13.0. The number of nitrogens with zero attached hydrogens (tertiary/aromatic N) is 4. The highest BCUT2D eigenvalue weighted by Crippen LogP contribution is 2.23. The van der Waals surface area contributed by atoms with Gasteiger partial charge in [0.2, 0.25) is 5.88 Å². The lowest BCUT2D eigenvalue weighted by molar-refractivity contribution is 0.0944. The first-order chi connectivity index (χ1) is 12.2. The number of hydrogen-bond acceptors (Lipinski definition) is 6. The van der Waals surface area contributed by atoms with Gasteiger partial charge in [-0.05, 0) is 18.3 Å². The molecular weight excluding hydrogens is 338 g/mol. The molecule has 140 valence electrons. The molecule has 0 radical (unpaired) electrons. The molecule has 0 aliphatic heterocycles. The third-order valence-electron chi connectivity index (χ3n) is 3.93. The van der Waals surface area contributed by atoms with Crippen molar-refractivity contribution in [1.29, 1.82) is 0 Å². The van der Waals surface area contributed by atoms with Gasteiger partial charge in [0.05, 0.1) is 6.21 Å². The molecule has 1 aliphatic rings. The van der Waals surface area contributed by atoms with E-state index in [4.69, 9.17) is 0 Å². The third kappa shape index (κ3) is 3.56. The van der Waals surface area contributed by atoms with Crippen LogP contribution in [0.15, 0.2) is 16.0 Å². The second-order valence-electron chi connectivity index (χ2n) is 7.65. The molecule has 1 saturated carbocycles. The summed E-state index contributed by atoms with van der Waals surface area (Å²) in [6, 6.07) is 1.67. The van der Waals surface area contributed by atoms with Gasteiger partial charge in [0, 0.05) is 18.7 Å². The number of oxime groups is 1. The van der Waals surface area contributed by atoms with Crippen molar-refractivity contribution in [2.75, 3.05) is 7.11 Å². The van der Waals surface area contributed by atoms with E-state index in [0.717, 1.165) is 12.8 Å². The Morgan fingerprint density at radius 3 is 2.77 bits per heavy atom. The monoisotopic (exact) mass is 361 g/mol. The molecule has 0 aromatic carbocycles. The van der Waals surface area contributed by atoms with Crippen LogP contribution >= 0.6 is 0 Å². The summed E-state index contributed by atoms with van der Waals surface area (Å²) in [6.45, 7) is 6.30. The van der Waals surface area contributed by atoms with Crippen LogP contribution in [0.4, 0.5) is 0 Å². The smallest absolute Gasteiger partial charge is 0.270 e. The van der Waals surface area contributed by atoms with Gasteiger partial charge >= 0.3 is 0 Å². The minimum Gasteiger partial charge on any atom is -0.492 e. The van der Waals surface area contributed by atoms with Crippen molar-refractivity contribution in [2.45, 2.75) is 46.2 Å². The largest absolute Gasteiger partial charge is 0.492 e. The summed E-state index contributed by atoms with van der Waals surface area (Å²) in [6.07, 6.45) is 3.12. The Morgan fingerprint density at radius 1 is 1.50 bits per heavy atom. The maximum Gasteiger partial charge on any atom is 0.270 e. The summed E-state index contributed by atoms with van der Waals surface area (Å²) < 4.78 is 2.64. The number of fused-ring (bicyclic) bond motifs is 1. The van der Waals surface area contributed by atoms with Crippen LogP contribution in [0, 0.1) is 5.41 Å². The molecule has 2 N–H and O–H groups in total. The van der Waals surface area contributed by atoms with Gasteiger partial charge in [-0.3, -0.25) is 14.2 Å². The number of aromatic hydroxyl groups is 1. The standard InChI is InChI=1S/C17H23N5O4/c1-17(2,3)9-21-12-7-11(8-18-26-4)20-22(12)16(25)13(15(21)24)14(23)19-10-5-6-10/h7-8,10,25H,5-6,9H2,1-4H3,(H,19,23)/b18-8+. The Morgan fingerprint density at radius 2 is 2.19 bits per heavy atom. The zero-order chi connectivity index (χ0) is 19.1. The fourth-order valence-corrected chi connectivity index (χ4v) is 2.66. The molecule has 1 amide bonds. The van der Waals surface area contributed by atoms with Crippen LogP contribution in [-0.4, -0.2) is 44.6 Å². The van der Waals surface area contributed by atoms with Crippen molar-refractivity contribution in [3.05, 3.63) is 27.7 Å². The highest BCUT2D eigenvalue weighted by atomic mass is 16.6. The maximum atomic E-state index is 13.0. The van der Waals surface area contributed by atoms with E-state index < -0.39 is 17.3 Å². The van der Waals surface area contributed by atoms with Crippen LogP contribution in [0.2, 0.25) is 0 Å². The molecule has 1 fully saturated rings. The lowest BCUT2D eigenvalue weighted by Crippen LogP contribution is -2.37. The minimum atomic E-state index is -0.581. The molecule has 0 saturated heterocycles. The van der Waals surface area contributed by atoms with Gasteiger partial charge in [-0.1, -0.05) is 25.9 Å². The predicted molar refractivity (Wildman–Crippen MR) is 95.7 cm³/mol. The van der Waals surface area contributed by atoms with Crippen LogP contribution < -0.4 is 10.9 Å². The second kappa shape index (κ2) is 6.47. The molecule has 3 rings (SSSR count). The molecule has 1 aliphatic carbocycles. The topological polar surface area (TPSA) is 110 Å². The SMILES string of the molecule is CO/N=C/c1cc2n(CC(C)(C)C)c(=O)c(C(=O)NC3CC3)c(O)n2n1. The number of aromatic nitrogens is 3. The van der Waals surface area contributed by atoms with Gasteiger partial charge in [-0.25, -0.2) is 0 Å². The predicted octanol–water partition coefficient (Wildman–Crippen LogP) is 1.12. The molecule has 26 heavy (non-hydrogen) atoms. The van der Waals surface area contributed by atoms with Crippen molar-refractivity contribution >= 4 is 17.8 Å². The first-order valence-electron chi connectivity index (χ1n) is 8.44. The van der Waals surface area contributed by atoms with Crippen molar-refractivity contribution in [3.8, 4) is 5.88 Å². The van der Waals surface area contributed by atoms with E-state index in [1.807, 2.05) is 20.8 Å². The Kier molecular flexibility index (Phi) is 4.47. The molecule has 0 bridgehead atoms. The first-order valence-corrected chi connectivity index (χ1v) is 8.44. The van der Waals surface area contributed by atoms with Crippen molar-refractivity contribution in [3.63, 3.8) is 0 Å². The molecule has 0 unspecified atom stereocenters. The molecule has 2 heterocycles. The van der Waals surface area contributed by atoms with Crippen LogP contribution in [0.25, 0.3) is 5.65 Å². The van der Waals surface area contributed by atoms with Gasteiger partial charge in [-0.2, -0.15) is 9.61 Å². The molecule has 2 aromatic rings. The summed E-state index contributed by atoms with van der Waals surface area (Å²) in [5.74, 6) is -1.06. The van der Waals surface area contributed by atoms with Gasteiger partial charge in [0.1, 0.15) is 18.5 Å². The fraction of sp³-hybridized carbons (Fsp3) is 0.529. The van der Waals surface area contributed by atoms with Crippen molar-refractivity contribution < 1.29 is 14.7 Å². The van der Waals surface area contributed by atoms with Gasteiger partial charge < -0.3 is 15.3 Å². The normalized spacial score (nSPS) is 14.9. The number of carbonyl (C=O) groups is 1. The van der Waals surface area contributed by atoms with E-state index in [-0.39, 0.29) is 17.0 Å². The fourth-order valence-electron chi connectivity index (χ4n) is 2.66. The summed E-state index contributed by atoms with van der Waals surface area (Å²) in [5.41, 5.74) is -0.298. The summed E-state index contributed by atoms with van der Waals surface area (Å²) in [4.78, 5) is 30.1. The Balaban J connectivity index is 2.21. The molecule has 9 heteroatoms. The molecule has 0 atom stereocenters. The van der Waals surface area contributed by atoms with Crippen molar-refractivity contribution in [1.82, 2.24) is 19.5 Å². The Labute approximate surface area is 150 Å². The Bertz CT molecular complexity index is 931. The van der Waals surface area contributed by atoms with Gasteiger partial charge in [0.25, 0.3) is 11.5 Å². The highest BCUT2D eigenvalue weighted by molar-refractivity contribution is 5.96. The summed E-state index contributed by atoms with van der Waals surface area (Å²) in [7, 11) is 1.40. The van der Waals surface area contributed by atoms with E-state index >= 15 is 0 Å². The van der Waals surface area contributed by atoms with E-state index in [0.29, 0.717) is 17.9 Å². The molecule has 2 aromatic heterocycles. The number of hydrogen-bond donors (Lipinski definition) is 2. The van der Waals surface area contributed by atoms with Crippen LogP contribution in [0.5, 0.6) is 5.88 Å². The summed E-state index contributed by atoms with van der Waals surface area (Å²) in [5, 5.41) is 21.2. The van der Waals surface area contributed by atoms with Crippen LogP contribution in [0.1, 0.15) is 49.7 Å². The third-order valence-corrected chi connectivity index (χ3v) is 3.93. The zero-order valence-corrected chi connectivity index (χ0v) is 15.3. The second-order valence-corrected chi connectivity index (χ2v) is 7.65. The molecule has 9 nitrogen and oxygen atoms in total. The molecular formula is C17H23N5O4. The number of carbonyl (C=O) groups excluding carboxylic acids is 1. The minimum absolute atomic E-state index is 0.0649. The van der Waals surface area contributed by atoms with Gasteiger partial charge in [-0.15, -0.1) is 0 Å². The molecule has 0 spiro atoms. The van der Waals surface area contributed by atoms with E-state index in [2.05, 4.69) is 20.4 Å². The van der Waals surface area contributed by atoms with E-state index in [1.54, 1.807) is 6.07 Å². The Hall–Kier alpha value is -2.84. The van der Waals surface area contributed by atoms with E-state index in [9.17, 15) is 14.7 Å². The van der Waals surface area contributed by atoms with Crippen LogP contribution in [-0.2, 0) is 11.4 Å². The first kappa shape index (κ1) is 18.0. The highest BCUT2D eigenvalue weighted by Gasteiger charge is 2.30. The lowest BCUT2D eigenvalue weighted by Gasteiger charge is -2.21. The van der Waals surface area contributed by atoms with E-state index in [1.165, 1.54) is 22.4 Å². The zero-order valence-electron chi connectivity index (χ0n) is 15.3. The van der Waals surface area contributed by atoms with Gasteiger partial charge in [0.15, 0.2) is 5.56 Å². The average Bonchev–Trinajstić information content (AvgIpc) is 3.24. The lowest BCUT2D eigenvalue weighted by atomic mass is 9.97. The van der Waals surface area contributed by atoms with Crippen molar-refractivity contribution in [2.24, 2.45) is 10.6 Å².